The highest BCUT2D eigenvalue weighted by atomic mass is 31.2. The quantitative estimate of drug-likeness (QED) is 0.606. The zero-order valence-electron chi connectivity index (χ0n) is 9.83. The summed E-state index contributed by atoms with van der Waals surface area (Å²) in [7, 11) is -7.88. The summed E-state index contributed by atoms with van der Waals surface area (Å²) in [5, 5.41) is 0. The van der Waals surface area contributed by atoms with E-state index in [9.17, 15) is 9.46 Å². The van der Waals surface area contributed by atoms with Gasteiger partial charge < -0.3 is 13.3 Å². The molecule has 0 radical (unpaired) electrons. The molecule has 4 nitrogen and oxygen atoms in total. The van der Waals surface area contributed by atoms with Crippen LogP contribution in [0.2, 0.25) is 38.8 Å². The van der Waals surface area contributed by atoms with Crippen LogP contribution >= 0.6 is 7.82 Å². The molecule has 0 heterocycles. The van der Waals surface area contributed by atoms with Crippen LogP contribution in [0.25, 0.3) is 0 Å². The Morgan fingerprint density at radius 1 is 1.14 bits per heavy atom. The molecule has 0 aliphatic carbocycles. The molecule has 0 aliphatic rings. The molecule has 0 spiro atoms. The maximum absolute atomic E-state index is 11.6. The Balaban J connectivity index is 4.43. The van der Waals surface area contributed by atoms with Gasteiger partial charge in [0.15, 0.2) is 8.32 Å². The van der Waals surface area contributed by atoms with Crippen molar-refractivity contribution in [2.24, 2.45) is 0 Å². The molecule has 1 unspecified atom stereocenters. The monoisotopic (exact) mass is 256 g/mol. The lowest BCUT2D eigenvalue weighted by Crippen LogP contribution is -2.31. The Labute approximate surface area is 88.5 Å². The van der Waals surface area contributed by atoms with Crippen LogP contribution in [0.3, 0.4) is 0 Å². The molecule has 0 amide bonds. The summed E-state index contributed by atoms with van der Waals surface area (Å²) >= 11 is 0. The van der Waals surface area contributed by atoms with Gasteiger partial charge in [0.05, 0.1) is 0 Å². The van der Waals surface area contributed by atoms with Crippen LogP contribution in [0, 0.1) is 0 Å². The third kappa shape index (κ3) is 6.92. The SMILES string of the molecule is CC[Si](C)(C)OP(=O)(O)O[Si](C)(C)C. The van der Waals surface area contributed by atoms with Crippen LogP contribution in [0.15, 0.2) is 0 Å². The van der Waals surface area contributed by atoms with E-state index in [2.05, 4.69) is 0 Å². The maximum atomic E-state index is 11.6. The van der Waals surface area contributed by atoms with Crippen molar-refractivity contribution in [2.45, 2.75) is 45.7 Å². The van der Waals surface area contributed by atoms with Gasteiger partial charge >= 0.3 is 7.82 Å². The Morgan fingerprint density at radius 2 is 1.57 bits per heavy atom. The molecule has 0 fully saturated rings. The van der Waals surface area contributed by atoms with Crippen molar-refractivity contribution < 1.29 is 17.9 Å². The summed E-state index contributed by atoms with van der Waals surface area (Å²) in [5.74, 6) is 0. The van der Waals surface area contributed by atoms with Crippen LogP contribution < -0.4 is 0 Å². The summed E-state index contributed by atoms with van der Waals surface area (Å²) in [4.78, 5) is 9.50. The number of hydrogen-bond acceptors (Lipinski definition) is 3. The number of phosphoric acid groups is 1. The van der Waals surface area contributed by atoms with E-state index in [1.807, 2.05) is 39.7 Å². The Kier molecular flexibility index (Phi) is 4.77. The molecule has 1 N–H and O–H groups in total. The fraction of sp³-hybridized carbons (Fsp3) is 1.00. The molecule has 0 saturated carbocycles. The fourth-order valence-electron chi connectivity index (χ4n) is 0.742. The van der Waals surface area contributed by atoms with Gasteiger partial charge in [-0.15, -0.1) is 0 Å². The Hall–Kier alpha value is 0.544. The summed E-state index contributed by atoms with van der Waals surface area (Å²) in [6.07, 6.45) is 0. The van der Waals surface area contributed by atoms with Crippen molar-refractivity contribution in [3.05, 3.63) is 0 Å². The first-order valence-corrected chi connectivity index (χ1v) is 12.7. The van der Waals surface area contributed by atoms with E-state index >= 15 is 0 Å². The fourth-order valence-corrected chi connectivity index (χ4v) is 7.01. The molecule has 14 heavy (non-hydrogen) atoms. The van der Waals surface area contributed by atoms with E-state index < -0.39 is 24.5 Å². The lowest BCUT2D eigenvalue weighted by Gasteiger charge is -2.27. The van der Waals surface area contributed by atoms with E-state index in [1.165, 1.54) is 0 Å². The van der Waals surface area contributed by atoms with Crippen LogP contribution in [0.4, 0.5) is 0 Å². The molecule has 0 aromatic heterocycles. The van der Waals surface area contributed by atoms with Crippen molar-refractivity contribution in [1.82, 2.24) is 0 Å². The van der Waals surface area contributed by atoms with E-state index in [0.717, 1.165) is 6.04 Å². The van der Waals surface area contributed by atoms with Crippen molar-refractivity contribution >= 4 is 24.5 Å². The van der Waals surface area contributed by atoms with E-state index in [1.54, 1.807) is 0 Å². The molecule has 0 rings (SSSR count). The van der Waals surface area contributed by atoms with Crippen molar-refractivity contribution in [3.63, 3.8) is 0 Å². The van der Waals surface area contributed by atoms with Gasteiger partial charge in [-0.2, -0.15) is 0 Å². The predicted molar refractivity (Wildman–Crippen MR) is 63.3 cm³/mol. The maximum Gasteiger partial charge on any atom is 0.452 e. The number of hydrogen-bond donors (Lipinski definition) is 1. The van der Waals surface area contributed by atoms with Gasteiger partial charge in [-0.1, -0.05) is 6.92 Å². The Bertz CT molecular complexity index is 236. The van der Waals surface area contributed by atoms with Crippen molar-refractivity contribution in [3.8, 4) is 0 Å². The zero-order valence-corrected chi connectivity index (χ0v) is 12.7. The summed E-state index contributed by atoms with van der Waals surface area (Å²) in [6.45, 7) is 11.4. The first-order valence-electron chi connectivity index (χ1n) is 4.72. The highest BCUT2D eigenvalue weighted by Crippen LogP contribution is 2.49. The Morgan fingerprint density at radius 3 is 1.86 bits per heavy atom. The molecule has 0 aliphatic heterocycles. The lowest BCUT2D eigenvalue weighted by atomic mass is 11.0. The van der Waals surface area contributed by atoms with Crippen molar-refractivity contribution in [1.29, 1.82) is 0 Å². The van der Waals surface area contributed by atoms with Crippen LogP contribution in [0.5, 0.6) is 0 Å². The first kappa shape index (κ1) is 14.5. The second-order valence-corrected chi connectivity index (χ2v) is 15.7. The minimum atomic E-state index is -3.83. The van der Waals surface area contributed by atoms with Crippen LogP contribution in [-0.4, -0.2) is 21.5 Å². The van der Waals surface area contributed by atoms with Gasteiger partial charge in [-0.05, 0) is 38.8 Å². The predicted octanol–water partition coefficient (Wildman–Crippen LogP) is 3.18. The van der Waals surface area contributed by atoms with E-state index in [4.69, 9.17) is 8.43 Å². The van der Waals surface area contributed by atoms with Gasteiger partial charge in [-0.25, -0.2) is 4.57 Å². The molecule has 1 atom stereocenters. The third-order valence-electron chi connectivity index (χ3n) is 1.60. The van der Waals surface area contributed by atoms with Gasteiger partial charge in [0, 0.05) is 0 Å². The molecule has 86 valence electrons. The van der Waals surface area contributed by atoms with Gasteiger partial charge in [0.25, 0.3) is 0 Å². The van der Waals surface area contributed by atoms with Gasteiger partial charge in [0.1, 0.15) is 0 Å². The second-order valence-electron chi connectivity index (χ2n) is 4.88. The lowest BCUT2D eigenvalue weighted by molar-refractivity contribution is 0.286. The molecule has 0 saturated heterocycles. The standard InChI is InChI=1S/C7H21O4PSi2/c1-7-14(5,6)11-12(8,9)10-13(2,3)4/h7H2,1-6H3,(H,8,9). The van der Waals surface area contributed by atoms with E-state index in [0.29, 0.717) is 0 Å². The minimum Gasteiger partial charge on any atom is -0.331 e. The summed E-state index contributed by atoms with van der Waals surface area (Å²) in [5.41, 5.74) is 0. The minimum absolute atomic E-state index is 0.798. The zero-order chi connectivity index (χ0) is 11.6. The second kappa shape index (κ2) is 4.59. The first-order chi connectivity index (χ1) is 5.97. The molecule has 0 aromatic rings. The van der Waals surface area contributed by atoms with Crippen LogP contribution in [0.1, 0.15) is 6.92 Å². The topological polar surface area (TPSA) is 55.8 Å². The van der Waals surface area contributed by atoms with Gasteiger partial charge in [-0.3, -0.25) is 0 Å². The molecule has 0 bridgehead atoms. The van der Waals surface area contributed by atoms with Crippen LogP contribution in [-0.2, 0) is 13.0 Å². The van der Waals surface area contributed by atoms with Gasteiger partial charge in [0.2, 0.25) is 8.32 Å². The summed E-state index contributed by atoms with van der Waals surface area (Å²) in [6, 6.07) is 0.798. The molecular formula is C7H21O4PSi2. The third-order valence-corrected chi connectivity index (χ3v) is 9.32. The summed E-state index contributed by atoms with van der Waals surface area (Å²) < 4.78 is 21.9. The highest BCUT2D eigenvalue weighted by Gasteiger charge is 2.36. The van der Waals surface area contributed by atoms with Crippen molar-refractivity contribution in [2.75, 3.05) is 0 Å². The largest absolute Gasteiger partial charge is 0.452 e. The molecule has 7 heteroatoms. The number of rotatable bonds is 5. The molecule has 0 aromatic carbocycles. The highest BCUT2D eigenvalue weighted by molar-refractivity contribution is 7.51. The average Bonchev–Trinajstić information content (AvgIpc) is 1.78. The smallest absolute Gasteiger partial charge is 0.331 e. The average molecular weight is 256 g/mol. The molecular weight excluding hydrogens is 235 g/mol. The van der Waals surface area contributed by atoms with E-state index in [-0.39, 0.29) is 0 Å². The normalized spacial score (nSPS) is 17.9.